The number of imidazole rings is 1. The van der Waals surface area contributed by atoms with Gasteiger partial charge in [-0.25, -0.2) is 14.8 Å². The van der Waals surface area contributed by atoms with Crippen molar-refractivity contribution in [1.82, 2.24) is 19.9 Å². The molecule has 0 aliphatic carbocycles. The highest BCUT2D eigenvalue weighted by molar-refractivity contribution is 6.29. The van der Waals surface area contributed by atoms with Crippen LogP contribution < -0.4 is 10.6 Å². The minimum atomic E-state index is -0.608. The molecular formula is C25H20ClN5O4. The minimum absolute atomic E-state index is 0.0137. The van der Waals surface area contributed by atoms with Gasteiger partial charge in [0.15, 0.2) is 0 Å². The van der Waals surface area contributed by atoms with Gasteiger partial charge in [0.2, 0.25) is 5.91 Å². The number of carbonyl (C=O) groups excluding carboxylic acids is 3. The van der Waals surface area contributed by atoms with Crippen molar-refractivity contribution < 1.29 is 19.1 Å². The second-order valence-corrected chi connectivity index (χ2v) is 8.46. The van der Waals surface area contributed by atoms with Crippen molar-refractivity contribution in [2.45, 2.75) is 19.1 Å². The van der Waals surface area contributed by atoms with Crippen molar-refractivity contribution in [3.63, 3.8) is 0 Å². The predicted octanol–water partition coefficient (Wildman–Crippen LogP) is 3.79. The molecule has 0 saturated heterocycles. The Kier molecular flexibility index (Phi) is 5.92. The summed E-state index contributed by atoms with van der Waals surface area (Å²) in [5.74, 6) is -0.337. The summed E-state index contributed by atoms with van der Waals surface area (Å²) in [6, 6.07) is 15.6. The lowest BCUT2D eigenvalue weighted by molar-refractivity contribution is -0.118. The lowest BCUT2D eigenvalue weighted by Crippen LogP contribution is -2.24. The van der Waals surface area contributed by atoms with Crippen LogP contribution in [0.25, 0.3) is 11.0 Å². The maximum Gasteiger partial charge on any atom is 0.339 e. The Morgan fingerprint density at radius 2 is 1.97 bits per heavy atom. The van der Waals surface area contributed by atoms with E-state index in [1.54, 1.807) is 42.5 Å². The largest absolute Gasteiger partial charge is 0.453 e. The number of cyclic esters (lactones) is 1. The molecule has 0 unspecified atom stereocenters. The average Bonchev–Trinajstić information content (AvgIpc) is 3.33. The zero-order valence-corrected chi connectivity index (χ0v) is 19.4. The number of esters is 1. The van der Waals surface area contributed by atoms with Gasteiger partial charge >= 0.3 is 5.97 Å². The third kappa shape index (κ3) is 4.58. The number of hydrogen-bond donors (Lipinski definition) is 2. The lowest BCUT2D eigenvalue weighted by Gasteiger charge is -2.11. The topological polar surface area (TPSA) is 115 Å². The van der Waals surface area contributed by atoms with Crippen molar-refractivity contribution in [3.05, 3.63) is 88.5 Å². The Balaban J connectivity index is 1.25. The summed E-state index contributed by atoms with van der Waals surface area (Å²) >= 11 is 5.77. The molecule has 3 heterocycles. The molecule has 0 spiro atoms. The number of fused-ring (bicyclic) bond motifs is 2. The van der Waals surface area contributed by atoms with E-state index in [2.05, 4.69) is 20.6 Å². The molecule has 10 heteroatoms. The molecule has 2 aromatic carbocycles. The summed E-state index contributed by atoms with van der Waals surface area (Å²) in [6.45, 7) is 0.209. The van der Waals surface area contributed by atoms with E-state index in [-0.39, 0.29) is 24.8 Å². The zero-order valence-electron chi connectivity index (χ0n) is 18.6. The standard InChI is InChI=1S/C25H20ClN5O4/c1-31-19-8-7-15(29-23(32)11-20-16-4-2-3-5-17(16)25(34)35-20)10-18(19)30-22(31)13-28-24(33)14-6-9-21(26)27-12-14/h2-10,12,20H,11,13H2,1H3,(H,28,33)(H,29,32)/t20-/m1/s1. The van der Waals surface area contributed by atoms with Gasteiger partial charge in [0, 0.05) is 24.5 Å². The molecule has 5 rings (SSSR count). The third-order valence-corrected chi connectivity index (χ3v) is 6.03. The van der Waals surface area contributed by atoms with E-state index >= 15 is 0 Å². The number of nitrogens with one attached hydrogen (secondary N) is 2. The van der Waals surface area contributed by atoms with Gasteiger partial charge in [-0.05, 0) is 36.4 Å². The molecule has 0 fully saturated rings. The van der Waals surface area contributed by atoms with E-state index in [1.807, 2.05) is 23.7 Å². The number of carbonyl (C=O) groups is 3. The molecule has 0 radical (unpaired) electrons. The number of anilines is 1. The number of rotatable bonds is 6. The summed E-state index contributed by atoms with van der Waals surface area (Å²) < 4.78 is 7.22. The highest BCUT2D eigenvalue weighted by Crippen LogP contribution is 2.33. The van der Waals surface area contributed by atoms with Gasteiger partial charge in [0.1, 0.15) is 17.1 Å². The Hall–Kier alpha value is -4.24. The molecule has 176 valence electrons. The zero-order chi connectivity index (χ0) is 24.5. The number of amides is 2. The van der Waals surface area contributed by atoms with Crippen LogP contribution in [0.1, 0.15) is 44.6 Å². The predicted molar refractivity (Wildman–Crippen MR) is 129 cm³/mol. The van der Waals surface area contributed by atoms with E-state index in [0.29, 0.717) is 38.9 Å². The lowest BCUT2D eigenvalue weighted by atomic mass is 10.0. The summed E-state index contributed by atoms with van der Waals surface area (Å²) in [6.07, 6.45) is 0.815. The number of hydrogen-bond acceptors (Lipinski definition) is 6. The Bertz CT molecular complexity index is 1460. The molecular weight excluding hydrogens is 470 g/mol. The molecule has 35 heavy (non-hydrogen) atoms. The molecule has 9 nitrogen and oxygen atoms in total. The van der Waals surface area contributed by atoms with Crippen LogP contribution in [0.3, 0.4) is 0 Å². The number of ether oxygens (including phenoxy) is 1. The Labute approximate surface area is 205 Å². The molecule has 2 aromatic heterocycles. The van der Waals surface area contributed by atoms with Crippen LogP contribution in [-0.2, 0) is 23.1 Å². The van der Waals surface area contributed by atoms with E-state index in [0.717, 1.165) is 5.52 Å². The van der Waals surface area contributed by atoms with Crippen molar-refractivity contribution in [1.29, 1.82) is 0 Å². The molecule has 2 amide bonds. The van der Waals surface area contributed by atoms with Crippen molar-refractivity contribution in [2.75, 3.05) is 5.32 Å². The van der Waals surface area contributed by atoms with E-state index in [9.17, 15) is 14.4 Å². The van der Waals surface area contributed by atoms with E-state index < -0.39 is 12.1 Å². The Morgan fingerprint density at radius 1 is 1.14 bits per heavy atom. The van der Waals surface area contributed by atoms with Crippen molar-refractivity contribution in [2.24, 2.45) is 7.05 Å². The van der Waals surface area contributed by atoms with Crippen LogP contribution in [0.15, 0.2) is 60.8 Å². The first kappa shape index (κ1) is 22.5. The van der Waals surface area contributed by atoms with Gasteiger partial charge < -0.3 is 19.9 Å². The van der Waals surface area contributed by atoms with Gasteiger partial charge in [-0.2, -0.15) is 0 Å². The van der Waals surface area contributed by atoms with Crippen LogP contribution in [-0.4, -0.2) is 32.3 Å². The SMILES string of the molecule is Cn1c(CNC(=O)c2ccc(Cl)nc2)nc2cc(NC(=O)C[C@H]3OC(=O)c4ccccc43)ccc21. The fourth-order valence-corrected chi connectivity index (χ4v) is 4.12. The normalized spacial score (nSPS) is 14.5. The number of pyridine rings is 1. The smallest absolute Gasteiger partial charge is 0.339 e. The van der Waals surface area contributed by atoms with E-state index in [1.165, 1.54) is 6.20 Å². The van der Waals surface area contributed by atoms with Gasteiger partial charge in [0.25, 0.3) is 5.91 Å². The van der Waals surface area contributed by atoms with Gasteiger partial charge in [-0.15, -0.1) is 0 Å². The second kappa shape index (κ2) is 9.19. The minimum Gasteiger partial charge on any atom is -0.453 e. The maximum absolute atomic E-state index is 12.6. The van der Waals surface area contributed by atoms with Gasteiger partial charge in [0.05, 0.1) is 35.1 Å². The molecule has 1 atom stereocenters. The first-order chi connectivity index (χ1) is 16.9. The number of aryl methyl sites for hydroxylation is 1. The molecule has 1 aliphatic heterocycles. The first-order valence-electron chi connectivity index (χ1n) is 10.8. The number of halogens is 1. The van der Waals surface area contributed by atoms with Crippen LogP contribution in [0, 0.1) is 0 Å². The first-order valence-corrected chi connectivity index (χ1v) is 11.2. The average molecular weight is 490 g/mol. The van der Waals surface area contributed by atoms with Crippen LogP contribution in [0.4, 0.5) is 5.69 Å². The molecule has 2 N–H and O–H groups in total. The second-order valence-electron chi connectivity index (χ2n) is 8.08. The molecule has 0 bridgehead atoms. The molecule has 0 saturated carbocycles. The summed E-state index contributed by atoms with van der Waals surface area (Å²) in [5, 5.41) is 5.98. The highest BCUT2D eigenvalue weighted by Gasteiger charge is 2.32. The number of benzene rings is 2. The third-order valence-electron chi connectivity index (χ3n) is 5.80. The summed E-state index contributed by atoms with van der Waals surface area (Å²) in [7, 11) is 1.85. The van der Waals surface area contributed by atoms with E-state index in [4.69, 9.17) is 16.3 Å². The number of nitrogens with zero attached hydrogens (tertiary/aromatic N) is 3. The van der Waals surface area contributed by atoms with Crippen LogP contribution in [0.2, 0.25) is 5.15 Å². The van der Waals surface area contributed by atoms with Crippen molar-refractivity contribution >= 4 is 46.1 Å². The monoisotopic (exact) mass is 489 g/mol. The molecule has 4 aromatic rings. The Morgan fingerprint density at radius 3 is 2.77 bits per heavy atom. The fraction of sp³-hybridized carbons (Fsp3) is 0.160. The van der Waals surface area contributed by atoms with Gasteiger partial charge in [-0.3, -0.25) is 9.59 Å². The number of aromatic nitrogens is 3. The molecule has 1 aliphatic rings. The van der Waals surface area contributed by atoms with Crippen molar-refractivity contribution in [3.8, 4) is 0 Å². The fourth-order valence-electron chi connectivity index (χ4n) is 4.01. The van der Waals surface area contributed by atoms with Crippen LogP contribution in [0.5, 0.6) is 0 Å². The quantitative estimate of drug-likeness (QED) is 0.314. The summed E-state index contributed by atoms with van der Waals surface area (Å²) in [4.78, 5) is 45.5. The maximum atomic E-state index is 12.6. The van der Waals surface area contributed by atoms with Gasteiger partial charge in [-0.1, -0.05) is 29.8 Å². The van der Waals surface area contributed by atoms with Crippen LogP contribution >= 0.6 is 11.6 Å². The highest BCUT2D eigenvalue weighted by atomic mass is 35.5. The summed E-state index contributed by atoms with van der Waals surface area (Å²) in [5.41, 5.74) is 3.69.